The lowest BCUT2D eigenvalue weighted by molar-refractivity contribution is -0.274. The minimum Gasteiger partial charge on any atom is -0.493 e. The van der Waals surface area contributed by atoms with Crippen LogP contribution in [0, 0.1) is 0 Å². The molecule has 1 amide bonds. The summed E-state index contributed by atoms with van der Waals surface area (Å²) in [6.45, 7) is 1.45. The van der Waals surface area contributed by atoms with Gasteiger partial charge < -0.3 is 24.1 Å². The third-order valence-corrected chi connectivity index (χ3v) is 11.3. The first-order valence-electron chi connectivity index (χ1n) is 19.1. The van der Waals surface area contributed by atoms with Crippen LogP contribution in [0.3, 0.4) is 0 Å². The third kappa shape index (κ3) is 14.5. The molecule has 0 bridgehead atoms. The summed E-state index contributed by atoms with van der Waals surface area (Å²) in [4.78, 5) is 13.3. The fraction of sp³-hybridized carbons (Fsp3) is 0.311. The maximum atomic E-state index is 14.4. The normalized spacial score (nSPS) is 13.8. The molecule has 0 saturated carbocycles. The van der Waals surface area contributed by atoms with Crippen molar-refractivity contribution in [3.63, 3.8) is 0 Å². The van der Waals surface area contributed by atoms with E-state index in [0.29, 0.717) is 17.5 Å². The Kier molecular flexibility index (Phi) is 16.1. The Labute approximate surface area is 340 Å². The molecule has 0 radical (unpaired) electrons. The molecule has 0 spiro atoms. The highest BCUT2D eigenvalue weighted by molar-refractivity contribution is 7.39. The van der Waals surface area contributed by atoms with Crippen molar-refractivity contribution in [1.82, 2.24) is 5.32 Å². The van der Waals surface area contributed by atoms with Gasteiger partial charge in [0.05, 0.1) is 30.0 Å². The summed E-state index contributed by atoms with van der Waals surface area (Å²) in [7, 11) is -2.82. The Morgan fingerprint density at radius 1 is 0.729 bits per heavy atom. The molecule has 5 aromatic carbocycles. The van der Waals surface area contributed by atoms with Gasteiger partial charge in [-0.3, -0.25) is 4.57 Å². The van der Waals surface area contributed by atoms with E-state index in [0.717, 1.165) is 28.8 Å². The summed E-state index contributed by atoms with van der Waals surface area (Å²) >= 11 is 0. The van der Waals surface area contributed by atoms with Crippen molar-refractivity contribution in [3.05, 3.63) is 167 Å². The lowest BCUT2D eigenvalue weighted by Crippen LogP contribution is -2.51. The minimum atomic E-state index is -4.85. The average molecular weight is 842 g/mol. The zero-order chi connectivity index (χ0) is 42.3. The predicted octanol–water partition coefficient (Wildman–Crippen LogP) is 12.1. The van der Waals surface area contributed by atoms with E-state index < -0.39 is 54.9 Å². The lowest BCUT2D eigenvalue weighted by atomic mass is 9.89. The van der Waals surface area contributed by atoms with E-state index in [-0.39, 0.29) is 51.9 Å². The molecule has 14 heteroatoms. The molecule has 3 unspecified atom stereocenters. The van der Waals surface area contributed by atoms with Crippen molar-refractivity contribution in [2.75, 3.05) is 13.2 Å². The van der Waals surface area contributed by atoms with Crippen LogP contribution in [0.5, 0.6) is 11.5 Å². The molecule has 0 aliphatic rings. The van der Waals surface area contributed by atoms with Crippen LogP contribution in [0.25, 0.3) is 0 Å². The van der Waals surface area contributed by atoms with Gasteiger partial charge in [-0.05, 0) is 90.6 Å². The van der Waals surface area contributed by atoms with Gasteiger partial charge in [0.15, 0.2) is 8.03 Å². The standard InChI is InChI=1S/C45H46F6NO6P/c1-2-43(52-42(53)56-31-36-16-8-4-9-17-36,32-57-59(54)41(37-20-10-5-11-21-37)30-34-14-6-3-7-15-34)26-25-35-23-24-40(39(29-35)44(46,47)48)55-27-13-19-33-18-12-22-38(28-33)58-45(49,50)51/h3-12,14-18,20-24,28-29,41,59H,2,13,19,25-27,30-32H2,1H3,(H,52,53). The minimum absolute atomic E-state index is 0.0215. The third-order valence-electron chi connectivity index (χ3n) is 9.76. The smallest absolute Gasteiger partial charge is 0.493 e. The molecule has 59 heavy (non-hydrogen) atoms. The Morgan fingerprint density at radius 3 is 2.00 bits per heavy atom. The van der Waals surface area contributed by atoms with Gasteiger partial charge in [-0.2, -0.15) is 13.2 Å². The van der Waals surface area contributed by atoms with E-state index in [1.54, 1.807) is 25.1 Å². The van der Waals surface area contributed by atoms with Crippen molar-refractivity contribution in [2.45, 2.75) is 75.8 Å². The molecule has 0 aliphatic carbocycles. The number of alkyl carbamates (subject to hydrolysis) is 1. The van der Waals surface area contributed by atoms with Crippen molar-refractivity contribution >= 4 is 14.1 Å². The summed E-state index contributed by atoms with van der Waals surface area (Å²) < 4.78 is 116. The van der Waals surface area contributed by atoms with Crippen molar-refractivity contribution < 1.29 is 54.4 Å². The van der Waals surface area contributed by atoms with Crippen molar-refractivity contribution in [1.29, 1.82) is 0 Å². The Morgan fingerprint density at radius 2 is 1.36 bits per heavy atom. The van der Waals surface area contributed by atoms with E-state index in [4.69, 9.17) is 14.0 Å². The van der Waals surface area contributed by atoms with Crippen LogP contribution in [0.15, 0.2) is 133 Å². The number of amides is 1. The number of rotatable bonds is 20. The summed E-state index contributed by atoms with van der Waals surface area (Å²) in [5.74, 6) is -0.787. The molecular weight excluding hydrogens is 795 g/mol. The van der Waals surface area contributed by atoms with Crippen LogP contribution >= 0.6 is 8.03 Å². The van der Waals surface area contributed by atoms with Crippen LogP contribution < -0.4 is 14.8 Å². The molecule has 314 valence electrons. The number of carbonyl (C=O) groups excluding carboxylic acids is 1. The number of nitrogens with one attached hydrogen (secondary N) is 1. The maximum absolute atomic E-state index is 14.4. The number of alkyl halides is 6. The lowest BCUT2D eigenvalue weighted by Gasteiger charge is -2.34. The van der Waals surface area contributed by atoms with Gasteiger partial charge in [0.25, 0.3) is 0 Å². The summed E-state index contributed by atoms with van der Waals surface area (Å²) in [5, 5.41) is 2.90. The monoisotopic (exact) mass is 841 g/mol. The zero-order valence-electron chi connectivity index (χ0n) is 32.4. The fourth-order valence-electron chi connectivity index (χ4n) is 6.52. The highest BCUT2D eigenvalue weighted by Crippen LogP contribution is 2.45. The number of hydrogen-bond donors (Lipinski definition) is 1. The Hall–Kier alpha value is -5.26. The van der Waals surface area contributed by atoms with Gasteiger partial charge in [-0.15, -0.1) is 13.2 Å². The van der Waals surface area contributed by atoms with Gasteiger partial charge in [0, 0.05) is 0 Å². The Bertz CT molecular complexity index is 2090. The van der Waals surface area contributed by atoms with Crippen LogP contribution in [-0.2, 0) is 45.9 Å². The number of ether oxygens (including phenoxy) is 3. The first kappa shape index (κ1) is 44.8. The van der Waals surface area contributed by atoms with Crippen molar-refractivity contribution in [3.8, 4) is 11.5 Å². The average Bonchev–Trinajstić information content (AvgIpc) is 3.22. The molecule has 5 rings (SSSR count). The first-order chi connectivity index (χ1) is 28.2. The van der Waals surface area contributed by atoms with Crippen LogP contribution in [-0.4, -0.2) is 31.2 Å². The van der Waals surface area contributed by atoms with E-state index >= 15 is 0 Å². The van der Waals surface area contributed by atoms with Gasteiger partial charge in [0.1, 0.15) is 18.1 Å². The quantitative estimate of drug-likeness (QED) is 0.0477. The number of hydrogen-bond acceptors (Lipinski definition) is 6. The van der Waals surface area contributed by atoms with Gasteiger partial charge in [-0.25, -0.2) is 4.79 Å². The van der Waals surface area contributed by atoms with E-state index in [1.165, 1.54) is 24.3 Å². The summed E-state index contributed by atoms with van der Waals surface area (Å²) in [5.41, 5.74) is 0.679. The molecule has 1 N–H and O–H groups in total. The molecule has 5 aromatic rings. The first-order valence-corrected chi connectivity index (χ1v) is 20.5. The fourth-order valence-corrected chi connectivity index (χ4v) is 8.00. The topological polar surface area (TPSA) is 83.1 Å². The second-order valence-corrected chi connectivity index (χ2v) is 15.7. The van der Waals surface area contributed by atoms with Crippen molar-refractivity contribution in [2.24, 2.45) is 0 Å². The van der Waals surface area contributed by atoms with Crippen LogP contribution in [0.4, 0.5) is 31.1 Å². The molecule has 7 nitrogen and oxygen atoms in total. The van der Waals surface area contributed by atoms with Crippen LogP contribution in [0.1, 0.15) is 65.2 Å². The number of aryl methyl sites for hydroxylation is 2. The molecule has 3 atom stereocenters. The molecule has 0 heterocycles. The molecule has 0 fully saturated rings. The van der Waals surface area contributed by atoms with Gasteiger partial charge >= 0.3 is 18.6 Å². The molecule has 0 saturated heterocycles. The SMILES string of the molecule is CCC(CCc1ccc(OCCCc2cccc(OC(F)(F)F)c2)c(C(F)(F)F)c1)(CO[PH](=O)C(Cc1ccccc1)c1ccccc1)NC(=O)OCc1ccccc1. The summed E-state index contributed by atoms with van der Waals surface area (Å²) in [6, 6.07) is 37.1. The summed E-state index contributed by atoms with van der Waals surface area (Å²) in [6.07, 6.45) is -9.03. The molecule has 0 aromatic heterocycles. The second-order valence-electron chi connectivity index (χ2n) is 14.1. The van der Waals surface area contributed by atoms with E-state index in [1.807, 2.05) is 78.9 Å². The number of benzene rings is 5. The van der Waals surface area contributed by atoms with E-state index in [9.17, 15) is 35.7 Å². The Balaban J connectivity index is 1.30. The van der Waals surface area contributed by atoms with Gasteiger partial charge in [0.2, 0.25) is 0 Å². The van der Waals surface area contributed by atoms with Gasteiger partial charge in [-0.1, -0.05) is 116 Å². The van der Waals surface area contributed by atoms with E-state index in [2.05, 4.69) is 10.1 Å². The zero-order valence-corrected chi connectivity index (χ0v) is 33.4. The number of halogens is 6. The largest absolute Gasteiger partial charge is 0.573 e. The van der Waals surface area contributed by atoms with Crippen LogP contribution in [0.2, 0.25) is 0 Å². The maximum Gasteiger partial charge on any atom is 0.573 e. The molecule has 0 aliphatic heterocycles. The molecular formula is C45H46F6NO6P. The predicted molar refractivity (Wildman–Crippen MR) is 214 cm³/mol. The highest BCUT2D eigenvalue weighted by atomic mass is 31.1. The highest BCUT2D eigenvalue weighted by Gasteiger charge is 2.37. The number of carbonyl (C=O) groups is 1. The second kappa shape index (κ2) is 21.1.